The Hall–Kier alpha value is -2.77. The Morgan fingerprint density at radius 3 is 2.40 bits per heavy atom. The first-order valence-corrected chi connectivity index (χ1v) is 5.74. The SMILES string of the molecule is O=C(OCc1ccc([N+](=O)[O-])cc1)C(=O)N1CCC1=O. The highest BCUT2D eigenvalue weighted by Crippen LogP contribution is 2.13. The molecule has 1 aromatic rings. The number of carbonyl (C=O) groups excluding carboxylic acids is 3. The summed E-state index contributed by atoms with van der Waals surface area (Å²) in [4.78, 5) is 44.5. The van der Waals surface area contributed by atoms with Gasteiger partial charge in [-0.25, -0.2) is 4.79 Å². The van der Waals surface area contributed by atoms with E-state index in [1.54, 1.807) is 0 Å². The molecule has 1 aliphatic rings. The van der Waals surface area contributed by atoms with Crippen LogP contribution in [0.2, 0.25) is 0 Å². The molecule has 1 fully saturated rings. The molecule has 0 bridgehead atoms. The van der Waals surface area contributed by atoms with Crippen molar-refractivity contribution in [2.45, 2.75) is 13.0 Å². The van der Waals surface area contributed by atoms with Crippen LogP contribution in [-0.4, -0.2) is 34.2 Å². The maximum Gasteiger partial charge on any atom is 0.397 e. The lowest BCUT2D eigenvalue weighted by atomic mass is 10.2. The summed E-state index contributed by atoms with van der Waals surface area (Å²) in [7, 11) is 0. The number of nitro groups is 1. The van der Waals surface area contributed by atoms with Gasteiger partial charge in [-0.2, -0.15) is 0 Å². The zero-order valence-electron chi connectivity index (χ0n) is 10.3. The van der Waals surface area contributed by atoms with Gasteiger partial charge in [-0.15, -0.1) is 0 Å². The van der Waals surface area contributed by atoms with Gasteiger partial charge in [-0.05, 0) is 17.7 Å². The summed E-state index contributed by atoms with van der Waals surface area (Å²) in [5.74, 6) is -2.50. The first-order valence-electron chi connectivity index (χ1n) is 5.74. The van der Waals surface area contributed by atoms with Crippen molar-refractivity contribution in [3.63, 3.8) is 0 Å². The number of β-lactam (4-membered cyclic amide) rings is 1. The highest BCUT2D eigenvalue weighted by molar-refractivity contribution is 6.36. The number of amides is 2. The number of hydrogen-bond acceptors (Lipinski definition) is 6. The second kappa shape index (κ2) is 5.47. The molecule has 1 aliphatic heterocycles. The maximum atomic E-state index is 11.4. The van der Waals surface area contributed by atoms with Gasteiger partial charge in [0.1, 0.15) is 6.61 Å². The summed E-state index contributed by atoms with van der Waals surface area (Å²) in [6.07, 6.45) is 0.251. The van der Waals surface area contributed by atoms with Crippen LogP contribution in [0.1, 0.15) is 12.0 Å². The standard InChI is InChI=1S/C12H10N2O6/c15-10-5-6-13(10)11(16)12(17)20-7-8-1-3-9(4-2-8)14(18)19/h1-4H,5-7H2. The molecule has 1 heterocycles. The molecule has 0 radical (unpaired) electrons. The van der Waals surface area contributed by atoms with Gasteiger partial charge < -0.3 is 4.74 Å². The lowest BCUT2D eigenvalue weighted by Crippen LogP contribution is -2.50. The Kier molecular flexibility index (Phi) is 3.74. The maximum absolute atomic E-state index is 11.4. The molecule has 0 atom stereocenters. The van der Waals surface area contributed by atoms with Gasteiger partial charge in [0.05, 0.1) is 4.92 Å². The minimum atomic E-state index is -1.11. The van der Waals surface area contributed by atoms with E-state index in [0.29, 0.717) is 5.56 Å². The molecule has 8 nitrogen and oxygen atoms in total. The zero-order chi connectivity index (χ0) is 14.7. The molecule has 0 aromatic heterocycles. The lowest BCUT2D eigenvalue weighted by molar-refractivity contribution is -0.384. The van der Waals surface area contributed by atoms with Crippen molar-refractivity contribution in [1.29, 1.82) is 0 Å². The van der Waals surface area contributed by atoms with E-state index in [0.717, 1.165) is 4.90 Å². The van der Waals surface area contributed by atoms with E-state index in [1.165, 1.54) is 24.3 Å². The molecule has 1 saturated heterocycles. The molecule has 0 aliphatic carbocycles. The third kappa shape index (κ3) is 2.79. The number of nitrogens with zero attached hydrogens (tertiary/aromatic N) is 2. The van der Waals surface area contributed by atoms with Crippen LogP contribution in [0.5, 0.6) is 0 Å². The molecule has 0 N–H and O–H groups in total. The Balaban J connectivity index is 1.88. The number of hydrogen-bond donors (Lipinski definition) is 0. The van der Waals surface area contributed by atoms with Crippen LogP contribution in [0.4, 0.5) is 5.69 Å². The van der Waals surface area contributed by atoms with Crippen molar-refractivity contribution in [2.75, 3.05) is 6.54 Å². The van der Waals surface area contributed by atoms with E-state index in [4.69, 9.17) is 4.74 Å². The van der Waals surface area contributed by atoms with Crippen LogP contribution in [0.3, 0.4) is 0 Å². The molecular weight excluding hydrogens is 268 g/mol. The average Bonchev–Trinajstić information content (AvgIpc) is 2.43. The van der Waals surface area contributed by atoms with Gasteiger partial charge in [0.2, 0.25) is 5.91 Å². The molecule has 104 valence electrons. The number of non-ortho nitro benzene ring substituents is 1. The highest BCUT2D eigenvalue weighted by Gasteiger charge is 2.35. The van der Waals surface area contributed by atoms with Crippen molar-refractivity contribution >= 4 is 23.5 Å². The Bertz CT molecular complexity index is 580. The fourth-order valence-electron chi connectivity index (χ4n) is 1.56. The lowest BCUT2D eigenvalue weighted by Gasteiger charge is -2.27. The van der Waals surface area contributed by atoms with Crippen LogP contribution in [0.15, 0.2) is 24.3 Å². The fourth-order valence-corrected chi connectivity index (χ4v) is 1.56. The Labute approximate surface area is 113 Å². The van der Waals surface area contributed by atoms with Crippen molar-refractivity contribution < 1.29 is 24.0 Å². The first-order chi connectivity index (χ1) is 9.49. The minimum Gasteiger partial charge on any atom is -0.454 e. The molecule has 20 heavy (non-hydrogen) atoms. The predicted molar refractivity (Wildman–Crippen MR) is 64.2 cm³/mol. The normalized spacial score (nSPS) is 13.6. The highest BCUT2D eigenvalue weighted by atomic mass is 16.6. The summed E-state index contributed by atoms with van der Waals surface area (Å²) in [5.41, 5.74) is 0.425. The van der Waals surface area contributed by atoms with E-state index < -0.39 is 22.7 Å². The minimum absolute atomic E-state index is 0.0812. The number of likely N-dealkylation sites (tertiary alicyclic amines) is 1. The molecule has 8 heteroatoms. The van der Waals surface area contributed by atoms with Crippen molar-refractivity contribution in [3.05, 3.63) is 39.9 Å². The predicted octanol–water partition coefficient (Wildman–Crippen LogP) is 0.397. The number of carbonyl (C=O) groups is 3. The van der Waals surface area contributed by atoms with Gasteiger partial charge in [0.25, 0.3) is 5.69 Å². The fraction of sp³-hybridized carbons (Fsp3) is 0.250. The molecule has 0 unspecified atom stereocenters. The first kappa shape index (κ1) is 13.7. The number of rotatable bonds is 3. The van der Waals surface area contributed by atoms with Gasteiger partial charge in [0.15, 0.2) is 0 Å². The number of ether oxygens (including phenoxy) is 1. The van der Waals surface area contributed by atoms with E-state index in [9.17, 15) is 24.5 Å². The molecule has 2 rings (SSSR count). The third-order valence-corrected chi connectivity index (χ3v) is 2.79. The second-order valence-electron chi connectivity index (χ2n) is 4.10. The van der Waals surface area contributed by atoms with Crippen LogP contribution >= 0.6 is 0 Å². The van der Waals surface area contributed by atoms with Gasteiger partial charge >= 0.3 is 11.9 Å². The number of imide groups is 1. The van der Waals surface area contributed by atoms with Crippen molar-refractivity contribution in [3.8, 4) is 0 Å². The summed E-state index contributed by atoms with van der Waals surface area (Å²) in [5, 5.41) is 10.5. The molecular formula is C12H10N2O6. The van der Waals surface area contributed by atoms with E-state index >= 15 is 0 Å². The second-order valence-corrected chi connectivity index (χ2v) is 4.10. The topological polar surface area (TPSA) is 107 Å². The quantitative estimate of drug-likeness (QED) is 0.260. The van der Waals surface area contributed by atoms with Crippen molar-refractivity contribution in [2.24, 2.45) is 0 Å². The third-order valence-electron chi connectivity index (χ3n) is 2.79. The molecule has 0 saturated carbocycles. The van der Waals surface area contributed by atoms with Crippen LogP contribution in [-0.2, 0) is 25.7 Å². The van der Waals surface area contributed by atoms with Gasteiger partial charge in [0, 0.05) is 25.1 Å². The summed E-state index contributed by atoms with van der Waals surface area (Å²) in [6, 6.07) is 5.38. The molecule has 1 aromatic carbocycles. The molecule has 2 amide bonds. The largest absolute Gasteiger partial charge is 0.454 e. The van der Waals surface area contributed by atoms with Crippen molar-refractivity contribution in [1.82, 2.24) is 4.90 Å². The summed E-state index contributed by atoms with van der Waals surface area (Å²) >= 11 is 0. The Morgan fingerprint density at radius 1 is 1.30 bits per heavy atom. The number of esters is 1. The number of benzene rings is 1. The number of nitro benzene ring substituents is 1. The van der Waals surface area contributed by atoms with E-state index in [-0.39, 0.29) is 25.3 Å². The van der Waals surface area contributed by atoms with Crippen LogP contribution < -0.4 is 0 Å². The summed E-state index contributed by atoms with van der Waals surface area (Å²) < 4.78 is 4.74. The van der Waals surface area contributed by atoms with E-state index in [1.807, 2.05) is 0 Å². The monoisotopic (exact) mass is 278 g/mol. The summed E-state index contributed by atoms with van der Waals surface area (Å²) in [6.45, 7) is 0.0366. The van der Waals surface area contributed by atoms with Gasteiger partial charge in [-0.1, -0.05) is 0 Å². The zero-order valence-corrected chi connectivity index (χ0v) is 10.3. The molecule has 0 spiro atoms. The van der Waals surface area contributed by atoms with Crippen LogP contribution in [0, 0.1) is 10.1 Å². The van der Waals surface area contributed by atoms with E-state index in [2.05, 4.69) is 0 Å². The van der Waals surface area contributed by atoms with Crippen LogP contribution in [0.25, 0.3) is 0 Å². The average molecular weight is 278 g/mol. The van der Waals surface area contributed by atoms with Gasteiger partial charge in [-0.3, -0.25) is 24.6 Å². The Morgan fingerprint density at radius 2 is 1.95 bits per heavy atom. The smallest absolute Gasteiger partial charge is 0.397 e.